The highest BCUT2D eigenvalue weighted by Crippen LogP contribution is 2.49. The van der Waals surface area contributed by atoms with Crippen molar-refractivity contribution in [3.63, 3.8) is 0 Å². The zero-order valence-electron chi connectivity index (χ0n) is 13.9. The second-order valence-electron chi connectivity index (χ2n) is 6.24. The quantitative estimate of drug-likeness (QED) is 0.829. The molecule has 2 heterocycles. The second-order valence-corrected chi connectivity index (χ2v) is 7.47. The van der Waals surface area contributed by atoms with Gasteiger partial charge in [0, 0.05) is 22.2 Å². The van der Waals surface area contributed by atoms with E-state index in [-0.39, 0.29) is 0 Å². The molecule has 2 aliphatic rings. The monoisotopic (exact) mass is 312 g/mol. The molecule has 3 heteroatoms. The summed E-state index contributed by atoms with van der Waals surface area (Å²) in [6.45, 7) is 14.9. The van der Waals surface area contributed by atoms with Gasteiger partial charge in [-0.25, -0.2) is 0 Å². The summed E-state index contributed by atoms with van der Waals surface area (Å²) in [5.74, 6) is 0. The molecule has 1 aliphatic carbocycles. The van der Waals surface area contributed by atoms with Crippen LogP contribution in [0.15, 0.2) is 39.7 Å². The fraction of sp³-hybridized carbons (Fsp3) is 0.368. The number of likely N-dealkylation sites (N-methyl/N-ethyl adjacent to an activating group) is 1. The Kier molecular flexibility index (Phi) is 3.96. The van der Waals surface area contributed by atoms with Gasteiger partial charge in [-0.1, -0.05) is 30.5 Å². The van der Waals surface area contributed by atoms with Gasteiger partial charge in [0.25, 0.3) is 0 Å². The molecule has 0 aromatic carbocycles. The van der Waals surface area contributed by atoms with Crippen LogP contribution in [0.25, 0.3) is 11.6 Å². The molecule has 0 radical (unpaired) electrons. The molecule has 2 N–H and O–H groups in total. The maximum absolute atomic E-state index is 4.33. The van der Waals surface area contributed by atoms with Crippen molar-refractivity contribution in [1.29, 1.82) is 0 Å². The van der Waals surface area contributed by atoms with Crippen molar-refractivity contribution in [1.82, 2.24) is 10.3 Å². The summed E-state index contributed by atoms with van der Waals surface area (Å²) in [6.07, 6.45) is 4.55. The number of aromatic amines is 1. The Labute approximate surface area is 137 Å². The van der Waals surface area contributed by atoms with E-state index in [9.17, 15) is 0 Å². The van der Waals surface area contributed by atoms with Gasteiger partial charge in [-0.15, -0.1) is 0 Å². The summed E-state index contributed by atoms with van der Waals surface area (Å²) in [6, 6.07) is 0.426. The number of fused-ring (bicyclic) bond motifs is 3. The van der Waals surface area contributed by atoms with Crippen molar-refractivity contribution in [2.75, 3.05) is 7.05 Å². The van der Waals surface area contributed by atoms with E-state index in [1.807, 2.05) is 18.8 Å². The summed E-state index contributed by atoms with van der Waals surface area (Å²) in [5, 5.41) is 3.34. The van der Waals surface area contributed by atoms with Gasteiger partial charge < -0.3 is 10.3 Å². The molecule has 1 atom stereocenters. The lowest BCUT2D eigenvalue weighted by molar-refractivity contribution is 0.658. The number of hydrogen-bond acceptors (Lipinski definition) is 2. The number of hydrogen-bond donors (Lipinski definition) is 2. The van der Waals surface area contributed by atoms with E-state index in [0.29, 0.717) is 6.04 Å². The largest absolute Gasteiger partial charge is 0.354 e. The molecule has 1 aromatic rings. The van der Waals surface area contributed by atoms with Crippen LogP contribution in [0.5, 0.6) is 0 Å². The number of H-pyrrole nitrogens is 1. The van der Waals surface area contributed by atoms with Gasteiger partial charge in [0.1, 0.15) is 0 Å². The lowest BCUT2D eigenvalue weighted by atomic mass is 9.92. The molecule has 1 aliphatic heterocycles. The fourth-order valence-electron chi connectivity index (χ4n) is 3.39. The Morgan fingerprint density at radius 3 is 2.77 bits per heavy atom. The van der Waals surface area contributed by atoms with Crippen LogP contribution >= 0.6 is 11.8 Å². The van der Waals surface area contributed by atoms with Crippen molar-refractivity contribution < 1.29 is 0 Å². The predicted octanol–water partition coefficient (Wildman–Crippen LogP) is 4.92. The van der Waals surface area contributed by atoms with Gasteiger partial charge in [0.2, 0.25) is 0 Å². The lowest BCUT2D eigenvalue weighted by Gasteiger charge is -2.22. The topological polar surface area (TPSA) is 27.8 Å². The minimum atomic E-state index is 0.426. The number of thioether (sulfide) groups is 1. The molecule has 3 rings (SSSR count). The van der Waals surface area contributed by atoms with E-state index in [0.717, 1.165) is 24.0 Å². The van der Waals surface area contributed by atoms with Crippen molar-refractivity contribution in [2.45, 2.75) is 44.6 Å². The number of allylic oxidation sites excluding steroid dienone is 4. The molecular formula is C19H24N2S. The van der Waals surface area contributed by atoms with Crippen LogP contribution in [0.3, 0.4) is 0 Å². The zero-order valence-corrected chi connectivity index (χ0v) is 14.7. The van der Waals surface area contributed by atoms with Crippen LogP contribution < -0.4 is 5.32 Å². The highest BCUT2D eigenvalue weighted by Gasteiger charge is 2.28. The predicted molar refractivity (Wildman–Crippen MR) is 98.0 cm³/mol. The Morgan fingerprint density at radius 1 is 1.41 bits per heavy atom. The van der Waals surface area contributed by atoms with Crippen molar-refractivity contribution in [2.24, 2.45) is 0 Å². The number of rotatable bonds is 3. The smallest absolute Gasteiger partial charge is 0.0603 e. The summed E-state index contributed by atoms with van der Waals surface area (Å²) in [7, 11) is 2.02. The Balaban J connectivity index is 2.06. The third-order valence-corrected chi connectivity index (χ3v) is 5.87. The molecule has 0 saturated heterocycles. The van der Waals surface area contributed by atoms with Gasteiger partial charge in [-0.2, -0.15) is 0 Å². The van der Waals surface area contributed by atoms with Crippen LogP contribution in [-0.2, 0) is 6.42 Å². The molecule has 0 spiro atoms. The van der Waals surface area contributed by atoms with E-state index in [4.69, 9.17) is 0 Å². The highest BCUT2D eigenvalue weighted by atomic mass is 32.2. The van der Waals surface area contributed by atoms with Gasteiger partial charge in [0.15, 0.2) is 0 Å². The molecule has 1 aromatic heterocycles. The molecule has 2 nitrogen and oxygen atoms in total. The number of nitrogens with one attached hydrogen (secondary N) is 2. The first kappa shape index (κ1) is 15.4. The van der Waals surface area contributed by atoms with Crippen LogP contribution in [0.2, 0.25) is 0 Å². The normalized spacial score (nSPS) is 18.7. The Hall–Kier alpha value is -1.45. The van der Waals surface area contributed by atoms with Gasteiger partial charge in [0.05, 0.1) is 5.69 Å². The van der Waals surface area contributed by atoms with Crippen LogP contribution in [0.1, 0.15) is 44.1 Å². The first-order chi connectivity index (χ1) is 10.4. The summed E-state index contributed by atoms with van der Waals surface area (Å²) >= 11 is 1.87. The van der Waals surface area contributed by atoms with Crippen LogP contribution in [-0.4, -0.2) is 18.1 Å². The summed E-state index contributed by atoms with van der Waals surface area (Å²) in [4.78, 5) is 6.30. The summed E-state index contributed by atoms with van der Waals surface area (Å²) in [5.41, 5.74) is 8.76. The minimum Gasteiger partial charge on any atom is -0.354 e. The second kappa shape index (κ2) is 5.64. The Bertz CT molecular complexity index is 731. The SMILES string of the molecule is C=C(C)C1=C(C)Sc2c([nH]c3c2CCC(C(C)NC)=C3)C1=C. The van der Waals surface area contributed by atoms with Crippen molar-refractivity contribution >= 4 is 23.4 Å². The molecule has 0 bridgehead atoms. The van der Waals surface area contributed by atoms with E-state index in [1.54, 1.807) is 0 Å². The Morgan fingerprint density at radius 2 is 2.14 bits per heavy atom. The van der Waals surface area contributed by atoms with E-state index in [2.05, 4.69) is 50.3 Å². The molecule has 0 amide bonds. The van der Waals surface area contributed by atoms with E-state index in [1.165, 1.54) is 37.9 Å². The van der Waals surface area contributed by atoms with E-state index >= 15 is 0 Å². The molecule has 1 unspecified atom stereocenters. The maximum Gasteiger partial charge on any atom is 0.0603 e. The lowest BCUT2D eigenvalue weighted by Crippen LogP contribution is -2.24. The van der Waals surface area contributed by atoms with Crippen LogP contribution in [0, 0.1) is 0 Å². The summed E-state index contributed by atoms with van der Waals surface area (Å²) < 4.78 is 0. The zero-order chi connectivity index (χ0) is 16.0. The van der Waals surface area contributed by atoms with Crippen molar-refractivity contribution in [3.05, 3.63) is 51.7 Å². The third kappa shape index (κ3) is 2.33. The molecule has 0 fully saturated rings. The average Bonchev–Trinajstić information content (AvgIpc) is 2.84. The van der Waals surface area contributed by atoms with Crippen molar-refractivity contribution in [3.8, 4) is 0 Å². The van der Waals surface area contributed by atoms with Gasteiger partial charge in [-0.05, 0) is 68.4 Å². The molecule has 116 valence electrons. The third-order valence-electron chi connectivity index (χ3n) is 4.71. The minimum absolute atomic E-state index is 0.426. The molecule has 0 saturated carbocycles. The average molecular weight is 312 g/mol. The van der Waals surface area contributed by atoms with Crippen LogP contribution in [0.4, 0.5) is 0 Å². The first-order valence-electron chi connectivity index (χ1n) is 7.80. The number of aromatic nitrogens is 1. The first-order valence-corrected chi connectivity index (χ1v) is 8.62. The van der Waals surface area contributed by atoms with E-state index < -0.39 is 0 Å². The standard InChI is InChI=1S/C19H24N2S/c1-10(2)17-11(3)18-19(22-13(17)5)15-8-7-14(12(4)20-6)9-16(15)21-18/h9,12,20-21H,1,3,7-8H2,2,4-6H3. The molecular weight excluding hydrogens is 288 g/mol. The maximum atomic E-state index is 4.33. The highest BCUT2D eigenvalue weighted by molar-refractivity contribution is 8.03. The van der Waals surface area contributed by atoms with Gasteiger partial charge >= 0.3 is 0 Å². The van der Waals surface area contributed by atoms with Gasteiger partial charge in [-0.3, -0.25) is 0 Å². The fourth-order valence-corrected chi connectivity index (χ4v) is 4.71. The molecule has 22 heavy (non-hydrogen) atoms.